The number of carbonyl (C=O) groups is 2. The van der Waals surface area contributed by atoms with Crippen molar-refractivity contribution in [1.82, 2.24) is 16.0 Å². The van der Waals surface area contributed by atoms with E-state index in [9.17, 15) is 9.59 Å². The lowest BCUT2D eigenvalue weighted by molar-refractivity contribution is -0.129. The number of ether oxygens (including phenoxy) is 1. The van der Waals surface area contributed by atoms with Crippen LogP contribution in [0.1, 0.15) is 38.2 Å². The highest BCUT2D eigenvalue weighted by Gasteiger charge is 2.21. The average molecular weight is 493 g/mol. The molecule has 0 heterocycles. The smallest absolute Gasteiger partial charge is 0.243 e. The molecule has 7 nitrogen and oxygen atoms in total. The van der Waals surface area contributed by atoms with Crippen LogP contribution in [0.2, 0.25) is 0 Å². The Hall–Kier alpha value is -2.19. The molecule has 190 valence electrons. The van der Waals surface area contributed by atoms with Gasteiger partial charge in [-0.05, 0) is 37.7 Å². The lowest BCUT2D eigenvalue weighted by Crippen LogP contribution is -2.49. The Bertz CT molecular complexity index is 786. The molecule has 0 spiro atoms. The van der Waals surface area contributed by atoms with Crippen molar-refractivity contribution in [3.63, 3.8) is 0 Å². The van der Waals surface area contributed by atoms with E-state index in [1.54, 1.807) is 0 Å². The molecule has 2 amide bonds. The summed E-state index contributed by atoms with van der Waals surface area (Å²) in [6.45, 7) is 9.20. The SMILES string of the molecule is C=C(C)[C@@H]1CC=C(CNCCC(=O)N[C@@H](Cc2ccccc2)C(=O)NCCOCCN)CC1.Cl. The van der Waals surface area contributed by atoms with Crippen LogP contribution in [0.3, 0.4) is 0 Å². The normalized spacial score (nSPS) is 16.1. The van der Waals surface area contributed by atoms with Gasteiger partial charge in [0.1, 0.15) is 6.04 Å². The van der Waals surface area contributed by atoms with Gasteiger partial charge in [-0.2, -0.15) is 0 Å². The predicted octanol–water partition coefficient (Wildman–Crippen LogP) is 2.51. The molecule has 1 aliphatic carbocycles. The van der Waals surface area contributed by atoms with Crippen molar-refractivity contribution in [3.8, 4) is 0 Å². The summed E-state index contributed by atoms with van der Waals surface area (Å²) in [4.78, 5) is 25.2. The van der Waals surface area contributed by atoms with Gasteiger partial charge in [0.15, 0.2) is 0 Å². The second kappa shape index (κ2) is 17.3. The third-order valence-electron chi connectivity index (χ3n) is 5.82. The molecular weight excluding hydrogens is 452 g/mol. The summed E-state index contributed by atoms with van der Waals surface area (Å²) in [5.74, 6) is 0.244. The minimum absolute atomic E-state index is 0. The van der Waals surface area contributed by atoms with E-state index in [-0.39, 0.29) is 24.2 Å². The second-order valence-electron chi connectivity index (χ2n) is 8.61. The Labute approximate surface area is 210 Å². The molecule has 0 unspecified atom stereocenters. The van der Waals surface area contributed by atoms with E-state index in [1.165, 1.54) is 11.1 Å². The molecule has 1 aliphatic rings. The van der Waals surface area contributed by atoms with Gasteiger partial charge in [0.25, 0.3) is 0 Å². The molecule has 2 atom stereocenters. The van der Waals surface area contributed by atoms with E-state index in [2.05, 4.69) is 35.5 Å². The van der Waals surface area contributed by atoms with Gasteiger partial charge in [-0.25, -0.2) is 0 Å². The largest absolute Gasteiger partial charge is 0.378 e. The first-order chi connectivity index (χ1) is 16.0. The van der Waals surface area contributed by atoms with Crippen LogP contribution in [0, 0.1) is 5.92 Å². The van der Waals surface area contributed by atoms with E-state index in [4.69, 9.17) is 10.5 Å². The summed E-state index contributed by atoms with van der Waals surface area (Å²) in [5, 5.41) is 9.10. The van der Waals surface area contributed by atoms with Gasteiger partial charge >= 0.3 is 0 Å². The highest BCUT2D eigenvalue weighted by Crippen LogP contribution is 2.27. The lowest BCUT2D eigenvalue weighted by atomic mass is 9.85. The van der Waals surface area contributed by atoms with Crippen molar-refractivity contribution >= 4 is 24.2 Å². The maximum Gasteiger partial charge on any atom is 0.243 e. The summed E-state index contributed by atoms with van der Waals surface area (Å²) in [6.07, 6.45) is 6.34. The molecule has 0 bridgehead atoms. The topological polar surface area (TPSA) is 105 Å². The quantitative estimate of drug-likeness (QED) is 0.222. The molecule has 0 saturated heterocycles. The number of rotatable bonds is 15. The first-order valence-corrected chi connectivity index (χ1v) is 11.9. The molecule has 0 radical (unpaired) electrons. The number of nitrogens with two attached hydrogens (primary N) is 1. The number of halogens is 1. The number of hydrogen-bond donors (Lipinski definition) is 4. The average Bonchev–Trinajstić information content (AvgIpc) is 2.82. The molecule has 5 N–H and O–H groups in total. The van der Waals surface area contributed by atoms with Crippen LogP contribution >= 0.6 is 12.4 Å². The highest BCUT2D eigenvalue weighted by atomic mass is 35.5. The second-order valence-corrected chi connectivity index (χ2v) is 8.61. The molecule has 1 aromatic carbocycles. The fraction of sp³-hybridized carbons (Fsp3) is 0.538. The van der Waals surface area contributed by atoms with E-state index in [0.717, 1.165) is 31.4 Å². The van der Waals surface area contributed by atoms with Crippen molar-refractivity contribution in [3.05, 3.63) is 59.7 Å². The van der Waals surface area contributed by atoms with E-state index < -0.39 is 6.04 Å². The van der Waals surface area contributed by atoms with Crippen LogP contribution in [0.4, 0.5) is 0 Å². The molecule has 0 aliphatic heterocycles. The predicted molar refractivity (Wildman–Crippen MR) is 140 cm³/mol. The van der Waals surface area contributed by atoms with Gasteiger partial charge in [-0.1, -0.05) is 54.1 Å². The standard InChI is InChI=1S/C26H40N4O3.ClH/c1-20(2)23-10-8-22(9-11-23)19-28-14-12-25(31)30-24(18-21-6-4-3-5-7-21)26(32)29-15-17-33-16-13-27;/h3-8,23-24,28H,1,9-19,27H2,2H3,(H,29,32)(H,30,31);1H/t23-,24+;/m1./s1. The Kier molecular flexibility index (Phi) is 15.2. The summed E-state index contributed by atoms with van der Waals surface area (Å²) in [5.41, 5.74) is 9.04. The summed E-state index contributed by atoms with van der Waals surface area (Å²) >= 11 is 0. The highest BCUT2D eigenvalue weighted by molar-refractivity contribution is 5.87. The molecule has 8 heteroatoms. The number of nitrogens with one attached hydrogen (secondary N) is 3. The third-order valence-corrected chi connectivity index (χ3v) is 5.82. The van der Waals surface area contributed by atoms with Gasteiger partial charge in [-0.15, -0.1) is 12.4 Å². The third kappa shape index (κ3) is 11.8. The summed E-state index contributed by atoms with van der Waals surface area (Å²) < 4.78 is 5.30. The van der Waals surface area contributed by atoms with Gasteiger partial charge in [0, 0.05) is 39.0 Å². The zero-order chi connectivity index (χ0) is 23.9. The molecule has 0 aromatic heterocycles. The van der Waals surface area contributed by atoms with Crippen LogP contribution in [-0.4, -0.2) is 57.2 Å². The molecule has 0 fully saturated rings. The minimum atomic E-state index is -0.630. The van der Waals surface area contributed by atoms with Gasteiger partial charge in [0.05, 0.1) is 13.2 Å². The van der Waals surface area contributed by atoms with Gasteiger partial charge < -0.3 is 26.4 Å². The fourth-order valence-electron chi connectivity index (χ4n) is 3.83. The Morgan fingerprint density at radius 1 is 1.21 bits per heavy atom. The number of hydrogen-bond acceptors (Lipinski definition) is 5. The maximum absolute atomic E-state index is 12.7. The minimum Gasteiger partial charge on any atom is -0.378 e. The molecule has 1 aromatic rings. The maximum atomic E-state index is 12.7. The molecular formula is C26H41ClN4O3. The van der Waals surface area contributed by atoms with E-state index >= 15 is 0 Å². The number of benzene rings is 1. The molecule has 34 heavy (non-hydrogen) atoms. The summed E-state index contributed by atoms with van der Waals surface area (Å²) in [7, 11) is 0. The van der Waals surface area contributed by atoms with Crippen LogP contribution in [0.25, 0.3) is 0 Å². The Balaban J connectivity index is 0.00000578. The van der Waals surface area contributed by atoms with Crippen LogP contribution < -0.4 is 21.7 Å². The number of amides is 2. The molecule has 0 saturated carbocycles. The van der Waals surface area contributed by atoms with Crippen molar-refractivity contribution in [2.45, 2.75) is 45.1 Å². The van der Waals surface area contributed by atoms with Gasteiger partial charge in [-0.3, -0.25) is 9.59 Å². The Morgan fingerprint density at radius 2 is 1.97 bits per heavy atom. The van der Waals surface area contributed by atoms with Crippen molar-refractivity contribution < 1.29 is 14.3 Å². The molecule has 2 rings (SSSR count). The van der Waals surface area contributed by atoms with Crippen molar-refractivity contribution in [2.24, 2.45) is 11.7 Å². The number of carbonyl (C=O) groups excluding carboxylic acids is 2. The first kappa shape index (κ1) is 29.8. The first-order valence-electron chi connectivity index (χ1n) is 11.9. The fourth-order valence-corrected chi connectivity index (χ4v) is 3.83. The lowest BCUT2D eigenvalue weighted by Gasteiger charge is -2.22. The monoisotopic (exact) mass is 492 g/mol. The van der Waals surface area contributed by atoms with Crippen LogP contribution in [-0.2, 0) is 20.7 Å². The summed E-state index contributed by atoms with van der Waals surface area (Å²) in [6, 6.07) is 9.06. The van der Waals surface area contributed by atoms with Crippen LogP contribution in [0.5, 0.6) is 0 Å². The van der Waals surface area contributed by atoms with E-state index in [1.807, 2.05) is 30.3 Å². The van der Waals surface area contributed by atoms with E-state index in [0.29, 0.717) is 51.6 Å². The van der Waals surface area contributed by atoms with Crippen molar-refractivity contribution in [1.29, 1.82) is 0 Å². The Morgan fingerprint density at radius 3 is 2.62 bits per heavy atom. The zero-order valence-corrected chi connectivity index (χ0v) is 21.1. The number of allylic oxidation sites excluding steroid dienone is 2. The van der Waals surface area contributed by atoms with Gasteiger partial charge in [0.2, 0.25) is 11.8 Å². The van der Waals surface area contributed by atoms with Crippen LogP contribution in [0.15, 0.2) is 54.1 Å². The van der Waals surface area contributed by atoms with Crippen molar-refractivity contribution in [2.75, 3.05) is 39.4 Å². The zero-order valence-electron chi connectivity index (χ0n) is 20.3.